The number of alkyl halides is 3. The van der Waals surface area contributed by atoms with E-state index < -0.39 is 17.3 Å². The van der Waals surface area contributed by atoms with Gasteiger partial charge in [0.25, 0.3) is 5.56 Å². The van der Waals surface area contributed by atoms with Crippen LogP contribution < -0.4 is 10.9 Å². The average Bonchev–Trinajstić information content (AvgIpc) is 2.62. The molecular formula is C16H10Cl2F3N5O. The molecule has 1 N–H and O–H groups in total. The van der Waals surface area contributed by atoms with Crippen LogP contribution in [0.5, 0.6) is 0 Å². The molecule has 0 unspecified atom stereocenters. The topological polar surface area (TPSA) is 72.7 Å². The molecule has 0 spiro atoms. The van der Waals surface area contributed by atoms with Gasteiger partial charge in [0.05, 0.1) is 29.7 Å². The summed E-state index contributed by atoms with van der Waals surface area (Å²) in [6, 6.07) is 5.11. The maximum absolute atomic E-state index is 12.6. The molecule has 140 valence electrons. The van der Waals surface area contributed by atoms with Gasteiger partial charge in [-0.3, -0.25) is 9.78 Å². The zero-order valence-electron chi connectivity index (χ0n) is 13.3. The van der Waals surface area contributed by atoms with E-state index in [1.165, 1.54) is 12.4 Å². The second-order valence-electron chi connectivity index (χ2n) is 5.31. The molecule has 27 heavy (non-hydrogen) atoms. The summed E-state index contributed by atoms with van der Waals surface area (Å²) in [4.78, 5) is 20.1. The second kappa shape index (κ2) is 7.53. The normalized spacial score (nSPS) is 11.4. The van der Waals surface area contributed by atoms with Crippen LogP contribution in [0.15, 0.2) is 47.7 Å². The molecule has 0 aliphatic rings. The van der Waals surface area contributed by atoms with Gasteiger partial charge in [0, 0.05) is 17.4 Å². The molecule has 6 nitrogen and oxygen atoms in total. The summed E-state index contributed by atoms with van der Waals surface area (Å²) in [6.45, 7) is 0.240. The quantitative estimate of drug-likeness (QED) is 0.697. The fraction of sp³-hybridized carbons (Fsp3) is 0.125. The Hall–Kier alpha value is -2.65. The van der Waals surface area contributed by atoms with E-state index in [0.29, 0.717) is 16.9 Å². The van der Waals surface area contributed by atoms with Crippen LogP contribution in [0.3, 0.4) is 0 Å². The molecule has 0 aromatic carbocycles. The highest BCUT2D eigenvalue weighted by molar-refractivity contribution is 6.33. The monoisotopic (exact) mass is 415 g/mol. The van der Waals surface area contributed by atoms with Gasteiger partial charge in [-0.1, -0.05) is 23.2 Å². The third kappa shape index (κ3) is 4.37. The molecule has 0 radical (unpaired) electrons. The largest absolute Gasteiger partial charge is 0.417 e. The van der Waals surface area contributed by atoms with Crippen molar-refractivity contribution in [2.24, 2.45) is 0 Å². The highest BCUT2D eigenvalue weighted by Gasteiger charge is 2.30. The Morgan fingerprint density at radius 2 is 1.89 bits per heavy atom. The van der Waals surface area contributed by atoms with Gasteiger partial charge in [0.15, 0.2) is 5.82 Å². The Kier molecular flexibility index (Phi) is 5.33. The number of pyridine rings is 2. The van der Waals surface area contributed by atoms with Gasteiger partial charge in [0.2, 0.25) is 0 Å². The lowest BCUT2D eigenvalue weighted by Gasteiger charge is -2.11. The van der Waals surface area contributed by atoms with Crippen molar-refractivity contribution in [2.45, 2.75) is 12.7 Å². The minimum Gasteiger partial charge on any atom is -0.377 e. The van der Waals surface area contributed by atoms with E-state index in [4.69, 9.17) is 23.2 Å². The predicted octanol–water partition coefficient (Wildman–Crippen LogP) is 3.96. The maximum Gasteiger partial charge on any atom is 0.417 e. The fourth-order valence-electron chi connectivity index (χ4n) is 2.13. The van der Waals surface area contributed by atoms with Crippen molar-refractivity contribution >= 4 is 28.9 Å². The number of anilines is 1. The summed E-state index contributed by atoms with van der Waals surface area (Å²) in [7, 11) is 0. The van der Waals surface area contributed by atoms with Crippen LogP contribution in [-0.2, 0) is 12.7 Å². The van der Waals surface area contributed by atoms with Gasteiger partial charge in [-0.15, -0.1) is 0 Å². The van der Waals surface area contributed by atoms with E-state index in [1.54, 1.807) is 12.1 Å². The van der Waals surface area contributed by atoms with Crippen LogP contribution in [0, 0.1) is 0 Å². The molecule has 3 aromatic heterocycles. The highest BCUT2D eigenvalue weighted by Crippen LogP contribution is 2.28. The molecule has 0 aliphatic heterocycles. The lowest BCUT2D eigenvalue weighted by atomic mass is 10.3. The van der Waals surface area contributed by atoms with Crippen molar-refractivity contribution in [3.05, 3.63) is 74.5 Å². The van der Waals surface area contributed by atoms with Crippen LogP contribution in [0.2, 0.25) is 10.0 Å². The predicted molar refractivity (Wildman–Crippen MR) is 94.2 cm³/mol. The number of hydrogen-bond donors (Lipinski definition) is 1. The summed E-state index contributed by atoms with van der Waals surface area (Å²) in [5.74, 6) is -0.0852. The average molecular weight is 416 g/mol. The molecule has 3 aromatic rings. The number of aromatic nitrogens is 4. The molecule has 0 bridgehead atoms. The number of nitrogens with one attached hydrogen (secondary N) is 1. The first-order valence-electron chi connectivity index (χ1n) is 7.41. The highest BCUT2D eigenvalue weighted by atomic mass is 35.5. The molecule has 3 heterocycles. The molecular weight excluding hydrogens is 406 g/mol. The Bertz CT molecular complexity index is 1020. The summed E-state index contributed by atoms with van der Waals surface area (Å²) in [6.07, 6.45) is -1.10. The Labute approximate surface area is 160 Å². The molecule has 3 rings (SSSR count). The molecule has 0 amide bonds. The molecule has 0 atom stereocenters. The van der Waals surface area contributed by atoms with Gasteiger partial charge >= 0.3 is 6.18 Å². The van der Waals surface area contributed by atoms with E-state index in [9.17, 15) is 18.0 Å². The van der Waals surface area contributed by atoms with Crippen LogP contribution in [0.25, 0.3) is 5.82 Å². The lowest BCUT2D eigenvalue weighted by Crippen LogP contribution is -2.23. The van der Waals surface area contributed by atoms with Crippen molar-refractivity contribution < 1.29 is 13.2 Å². The van der Waals surface area contributed by atoms with Gasteiger partial charge in [-0.05, 0) is 24.3 Å². The number of rotatable bonds is 4. The number of nitrogens with zero attached hydrogens (tertiary/aromatic N) is 4. The summed E-state index contributed by atoms with van der Waals surface area (Å²) in [5.41, 5.74) is -0.801. The van der Waals surface area contributed by atoms with Gasteiger partial charge < -0.3 is 5.32 Å². The molecule has 0 aliphatic carbocycles. The minimum absolute atomic E-state index is 0.0852. The number of halogens is 5. The maximum atomic E-state index is 12.6. The first-order chi connectivity index (χ1) is 12.8. The standard InChI is InChI=1S/C16H10Cl2F3N5O/c17-10-3-4-22-11(5-10)7-23-12-8-25-26(15(27)14(12)18)13-2-1-9(6-24-13)16(19,20)21/h1-6,8,23H,7H2. The fourth-order valence-corrected chi connectivity index (χ4v) is 2.51. The summed E-state index contributed by atoms with van der Waals surface area (Å²) in [5, 5.41) is 7.13. The Balaban J connectivity index is 1.83. The van der Waals surface area contributed by atoms with Crippen molar-refractivity contribution in [3.8, 4) is 5.82 Å². The zero-order valence-corrected chi connectivity index (χ0v) is 14.8. The Morgan fingerprint density at radius 1 is 1.11 bits per heavy atom. The van der Waals surface area contributed by atoms with Crippen molar-refractivity contribution in [3.63, 3.8) is 0 Å². The lowest BCUT2D eigenvalue weighted by molar-refractivity contribution is -0.137. The van der Waals surface area contributed by atoms with Gasteiger partial charge in [0.1, 0.15) is 5.02 Å². The third-order valence-electron chi connectivity index (χ3n) is 3.45. The van der Waals surface area contributed by atoms with Crippen molar-refractivity contribution in [2.75, 3.05) is 5.32 Å². The molecule has 0 saturated carbocycles. The third-order valence-corrected chi connectivity index (χ3v) is 4.05. The smallest absolute Gasteiger partial charge is 0.377 e. The van der Waals surface area contributed by atoms with E-state index in [1.807, 2.05) is 0 Å². The van der Waals surface area contributed by atoms with Crippen LogP contribution in [-0.4, -0.2) is 19.7 Å². The number of hydrogen-bond acceptors (Lipinski definition) is 5. The van der Waals surface area contributed by atoms with E-state index in [2.05, 4.69) is 20.4 Å². The van der Waals surface area contributed by atoms with Gasteiger partial charge in [-0.2, -0.15) is 23.0 Å². The van der Waals surface area contributed by atoms with Crippen LogP contribution in [0.4, 0.5) is 18.9 Å². The van der Waals surface area contributed by atoms with Crippen LogP contribution >= 0.6 is 23.2 Å². The first-order valence-corrected chi connectivity index (χ1v) is 8.17. The molecule has 0 saturated heterocycles. The van der Waals surface area contributed by atoms with Crippen molar-refractivity contribution in [1.29, 1.82) is 0 Å². The molecule has 0 fully saturated rings. The van der Waals surface area contributed by atoms with E-state index >= 15 is 0 Å². The van der Waals surface area contributed by atoms with E-state index in [0.717, 1.165) is 16.8 Å². The second-order valence-corrected chi connectivity index (χ2v) is 6.13. The SMILES string of the molecule is O=c1c(Cl)c(NCc2cc(Cl)ccn2)cnn1-c1ccc(C(F)(F)F)cn1. The first kappa shape index (κ1) is 19.1. The van der Waals surface area contributed by atoms with Gasteiger partial charge in [-0.25, -0.2) is 4.98 Å². The zero-order chi connectivity index (χ0) is 19.6. The van der Waals surface area contributed by atoms with E-state index in [-0.39, 0.29) is 23.1 Å². The minimum atomic E-state index is -4.52. The van der Waals surface area contributed by atoms with Crippen molar-refractivity contribution in [1.82, 2.24) is 19.7 Å². The van der Waals surface area contributed by atoms with Crippen LogP contribution in [0.1, 0.15) is 11.3 Å². The molecule has 11 heteroatoms. The Morgan fingerprint density at radius 3 is 2.52 bits per heavy atom. The summed E-state index contributed by atoms with van der Waals surface area (Å²) < 4.78 is 38.6. The summed E-state index contributed by atoms with van der Waals surface area (Å²) >= 11 is 11.9.